The second-order valence-corrected chi connectivity index (χ2v) is 5.52. The molecule has 17 heavy (non-hydrogen) atoms. The van der Waals surface area contributed by atoms with Crippen LogP contribution in [0.4, 0.5) is 5.69 Å². The number of anilines is 1. The molecule has 5 heteroatoms. The standard InChI is InChI=1S/C12H16Br2N2O/c1-3-4-15-11(17)7-16-12-9(13)5-8(2)6-10(12)14/h5-6,16H,3-4,7H2,1-2H3,(H,15,17). The van der Waals surface area contributed by atoms with Crippen molar-refractivity contribution in [2.24, 2.45) is 0 Å². The van der Waals surface area contributed by atoms with Gasteiger partial charge in [-0.2, -0.15) is 0 Å². The minimum absolute atomic E-state index is 0.00576. The van der Waals surface area contributed by atoms with E-state index in [1.807, 2.05) is 26.0 Å². The van der Waals surface area contributed by atoms with Crippen molar-refractivity contribution >= 4 is 43.5 Å². The summed E-state index contributed by atoms with van der Waals surface area (Å²) < 4.78 is 1.90. The van der Waals surface area contributed by atoms with Crippen molar-refractivity contribution in [1.29, 1.82) is 0 Å². The van der Waals surface area contributed by atoms with Crippen molar-refractivity contribution in [3.05, 3.63) is 26.6 Å². The zero-order valence-corrected chi connectivity index (χ0v) is 13.1. The van der Waals surface area contributed by atoms with E-state index in [4.69, 9.17) is 0 Å². The van der Waals surface area contributed by atoms with Crippen LogP contribution < -0.4 is 10.6 Å². The van der Waals surface area contributed by atoms with Crippen molar-refractivity contribution in [1.82, 2.24) is 5.32 Å². The quantitative estimate of drug-likeness (QED) is 0.841. The zero-order valence-electron chi connectivity index (χ0n) is 9.94. The summed E-state index contributed by atoms with van der Waals surface area (Å²) in [7, 11) is 0. The lowest BCUT2D eigenvalue weighted by molar-refractivity contribution is -0.119. The summed E-state index contributed by atoms with van der Waals surface area (Å²) in [6.45, 7) is 5.05. The third-order valence-corrected chi connectivity index (χ3v) is 3.44. The van der Waals surface area contributed by atoms with Gasteiger partial charge >= 0.3 is 0 Å². The Kier molecular flexibility index (Phi) is 5.98. The minimum Gasteiger partial charge on any atom is -0.374 e. The maximum Gasteiger partial charge on any atom is 0.239 e. The highest BCUT2D eigenvalue weighted by atomic mass is 79.9. The first kappa shape index (κ1) is 14.5. The van der Waals surface area contributed by atoms with Gasteiger partial charge in [0.15, 0.2) is 0 Å². The van der Waals surface area contributed by atoms with Crippen molar-refractivity contribution in [3.8, 4) is 0 Å². The van der Waals surface area contributed by atoms with Gasteiger partial charge in [0.2, 0.25) is 5.91 Å². The predicted molar refractivity (Wildman–Crippen MR) is 78.4 cm³/mol. The van der Waals surface area contributed by atoms with Crippen LogP contribution in [0.1, 0.15) is 18.9 Å². The third kappa shape index (κ3) is 4.68. The van der Waals surface area contributed by atoms with Gasteiger partial charge in [-0.15, -0.1) is 0 Å². The molecule has 3 nitrogen and oxygen atoms in total. The van der Waals surface area contributed by atoms with Crippen LogP contribution in [0.3, 0.4) is 0 Å². The molecule has 0 spiro atoms. The Balaban J connectivity index is 2.60. The van der Waals surface area contributed by atoms with E-state index >= 15 is 0 Å². The Morgan fingerprint density at radius 2 is 1.88 bits per heavy atom. The lowest BCUT2D eigenvalue weighted by Gasteiger charge is -2.11. The van der Waals surface area contributed by atoms with Gasteiger partial charge < -0.3 is 10.6 Å². The maximum atomic E-state index is 11.5. The fourth-order valence-electron chi connectivity index (χ4n) is 1.36. The van der Waals surface area contributed by atoms with Crippen molar-refractivity contribution in [3.63, 3.8) is 0 Å². The number of amides is 1. The fraction of sp³-hybridized carbons (Fsp3) is 0.417. The van der Waals surface area contributed by atoms with Gasteiger partial charge in [-0.1, -0.05) is 6.92 Å². The zero-order chi connectivity index (χ0) is 12.8. The smallest absolute Gasteiger partial charge is 0.239 e. The van der Waals surface area contributed by atoms with Crippen LogP contribution in [0.2, 0.25) is 0 Å². The molecule has 1 amide bonds. The highest BCUT2D eigenvalue weighted by Gasteiger charge is 2.07. The van der Waals surface area contributed by atoms with E-state index in [2.05, 4.69) is 42.5 Å². The fourth-order valence-corrected chi connectivity index (χ4v) is 3.06. The molecule has 0 aliphatic heterocycles. The Hall–Kier alpha value is -0.550. The topological polar surface area (TPSA) is 41.1 Å². The predicted octanol–water partition coefficient (Wildman–Crippen LogP) is 3.46. The van der Waals surface area contributed by atoms with Crippen LogP contribution in [0, 0.1) is 6.92 Å². The largest absolute Gasteiger partial charge is 0.374 e. The first-order valence-electron chi connectivity index (χ1n) is 5.50. The molecule has 0 radical (unpaired) electrons. The summed E-state index contributed by atoms with van der Waals surface area (Å²) in [6.07, 6.45) is 0.948. The molecular formula is C12H16Br2N2O. The molecule has 0 unspecified atom stereocenters. The summed E-state index contributed by atoms with van der Waals surface area (Å²) >= 11 is 6.95. The Morgan fingerprint density at radius 3 is 2.41 bits per heavy atom. The molecule has 0 saturated carbocycles. The van der Waals surface area contributed by atoms with E-state index in [-0.39, 0.29) is 12.5 Å². The van der Waals surface area contributed by atoms with E-state index in [0.717, 1.165) is 33.2 Å². The average molecular weight is 364 g/mol. The Labute approximate surface area is 119 Å². The molecule has 1 aromatic carbocycles. The number of nitrogens with one attached hydrogen (secondary N) is 2. The minimum atomic E-state index is 0.00576. The molecule has 1 rings (SSSR count). The molecule has 0 aliphatic carbocycles. The summed E-state index contributed by atoms with van der Waals surface area (Å²) in [5, 5.41) is 5.93. The first-order valence-corrected chi connectivity index (χ1v) is 7.09. The number of carbonyl (C=O) groups excluding carboxylic acids is 1. The number of carbonyl (C=O) groups is 1. The summed E-state index contributed by atoms with van der Waals surface area (Å²) in [4.78, 5) is 11.5. The number of aryl methyl sites for hydroxylation is 1. The molecule has 0 saturated heterocycles. The summed E-state index contributed by atoms with van der Waals surface area (Å²) in [5.41, 5.74) is 2.06. The normalized spacial score (nSPS) is 10.1. The van der Waals surface area contributed by atoms with Gasteiger partial charge in [0.1, 0.15) is 0 Å². The number of hydrogen-bond acceptors (Lipinski definition) is 2. The van der Waals surface area contributed by atoms with Crippen LogP contribution in [0.25, 0.3) is 0 Å². The monoisotopic (exact) mass is 362 g/mol. The second-order valence-electron chi connectivity index (χ2n) is 3.81. The van der Waals surface area contributed by atoms with Gasteiger partial charge in [0.25, 0.3) is 0 Å². The van der Waals surface area contributed by atoms with Crippen LogP contribution in [-0.4, -0.2) is 19.0 Å². The highest BCUT2D eigenvalue weighted by Crippen LogP contribution is 2.31. The molecule has 0 bridgehead atoms. The average Bonchev–Trinajstić information content (AvgIpc) is 2.24. The van der Waals surface area contributed by atoms with Crippen LogP contribution in [-0.2, 0) is 4.79 Å². The first-order chi connectivity index (χ1) is 8.04. The van der Waals surface area contributed by atoms with Crippen LogP contribution in [0.15, 0.2) is 21.1 Å². The number of hydrogen-bond donors (Lipinski definition) is 2. The van der Waals surface area contributed by atoms with Crippen LogP contribution >= 0.6 is 31.9 Å². The van der Waals surface area contributed by atoms with Gasteiger partial charge in [0.05, 0.1) is 12.2 Å². The van der Waals surface area contributed by atoms with E-state index in [1.165, 1.54) is 0 Å². The third-order valence-electron chi connectivity index (χ3n) is 2.18. The molecule has 1 aromatic rings. The van der Waals surface area contributed by atoms with Gasteiger partial charge in [-0.3, -0.25) is 4.79 Å². The van der Waals surface area contributed by atoms with Gasteiger partial charge in [-0.25, -0.2) is 0 Å². The maximum absolute atomic E-state index is 11.5. The Bertz CT molecular complexity index is 384. The SMILES string of the molecule is CCCNC(=O)CNc1c(Br)cc(C)cc1Br. The lowest BCUT2D eigenvalue weighted by atomic mass is 10.2. The second kappa shape index (κ2) is 7.01. The number of rotatable bonds is 5. The number of halogens is 2. The van der Waals surface area contributed by atoms with E-state index in [1.54, 1.807) is 0 Å². The molecule has 0 aliphatic rings. The highest BCUT2D eigenvalue weighted by molar-refractivity contribution is 9.11. The molecular weight excluding hydrogens is 348 g/mol. The molecule has 94 valence electrons. The number of benzene rings is 1. The van der Waals surface area contributed by atoms with Gasteiger partial charge in [0, 0.05) is 15.5 Å². The molecule has 0 fully saturated rings. The lowest BCUT2D eigenvalue weighted by Crippen LogP contribution is -2.30. The molecule has 2 N–H and O–H groups in total. The summed E-state index contributed by atoms with van der Waals surface area (Å²) in [5.74, 6) is 0.00576. The van der Waals surface area contributed by atoms with E-state index in [0.29, 0.717) is 0 Å². The molecule has 0 aromatic heterocycles. The van der Waals surface area contributed by atoms with E-state index < -0.39 is 0 Å². The van der Waals surface area contributed by atoms with Gasteiger partial charge in [-0.05, 0) is 62.9 Å². The van der Waals surface area contributed by atoms with Crippen molar-refractivity contribution in [2.45, 2.75) is 20.3 Å². The molecule has 0 atom stereocenters. The Morgan fingerprint density at radius 1 is 1.29 bits per heavy atom. The van der Waals surface area contributed by atoms with E-state index in [9.17, 15) is 4.79 Å². The van der Waals surface area contributed by atoms with Crippen molar-refractivity contribution < 1.29 is 4.79 Å². The van der Waals surface area contributed by atoms with Crippen LogP contribution in [0.5, 0.6) is 0 Å². The molecule has 0 heterocycles. The summed E-state index contributed by atoms with van der Waals surface area (Å²) in [6, 6.07) is 4.02. The van der Waals surface area contributed by atoms with Crippen molar-refractivity contribution in [2.75, 3.05) is 18.4 Å².